The lowest BCUT2D eigenvalue weighted by molar-refractivity contribution is -0.158. The zero-order valence-electron chi connectivity index (χ0n) is 30.6. The summed E-state index contributed by atoms with van der Waals surface area (Å²) < 4.78 is 29.6. The number of aliphatic hydroxyl groups excluding tert-OH is 5. The number of carbonyl (C=O) groups excluding carboxylic acids is 1. The normalized spacial score (nSPS) is 17.5. The van der Waals surface area contributed by atoms with Crippen LogP contribution in [0.1, 0.15) is 68.1 Å². The molecular weight excluding hydrogens is 717 g/mol. The maximum Gasteiger partial charge on any atom is 0.254 e. The summed E-state index contributed by atoms with van der Waals surface area (Å²) in [6.07, 6.45) is 5.43. The number of carbonyl (C=O) groups is 1. The van der Waals surface area contributed by atoms with Crippen LogP contribution in [0.5, 0.6) is 5.75 Å². The molecule has 0 unspecified atom stereocenters. The van der Waals surface area contributed by atoms with Crippen LogP contribution in [0.4, 0.5) is 0 Å². The summed E-state index contributed by atoms with van der Waals surface area (Å²) >= 11 is 1.72. The van der Waals surface area contributed by atoms with Gasteiger partial charge in [-0.05, 0) is 122 Å². The molecule has 11 nitrogen and oxygen atoms in total. The van der Waals surface area contributed by atoms with Crippen LogP contribution < -0.4 is 4.74 Å². The molecule has 0 saturated heterocycles. The number of benzene rings is 2. The van der Waals surface area contributed by atoms with Gasteiger partial charge in [0.15, 0.2) is 6.10 Å². The average Bonchev–Trinajstić information content (AvgIpc) is 4.10. The fraction of sp³-hybridized carbons (Fsp3) is 0.550. The smallest absolute Gasteiger partial charge is 0.254 e. The van der Waals surface area contributed by atoms with E-state index in [-0.39, 0.29) is 30.7 Å². The summed E-state index contributed by atoms with van der Waals surface area (Å²) in [6, 6.07) is 17.0. The fourth-order valence-electron chi connectivity index (χ4n) is 6.70. The van der Waals surface area contributed by atoms with E-state index in [1.807, 2.05) is 18.5 Å². The van der Waals surface area contributed by atoms with Crippen molar-refractivity contribution in [2.24, 2.45) is 0 Å². The number of hydrogen-bond donors (Lipinski definition) is 5. The van der Waals surface area contributed by atoms with Gasteiger partial charge in [0.2, 0.25) is 0 Å². The first-order valence-electron chi connectivity index (χ1n) is 18.5. The summed E-state index contributed by atoms with van der Waals surface area (Å²) in [5.74, 6) is 0.678. The number of para-hydroxylation sites is 1. The van der Waals surface area contributed by atoms with Crippen LogP contribution >= 0.6 is 11.8 Å². The third-order valence-electron chi connectivity index (χ3n) is 10.3. The van der Waals surface area contributed by atoms with Crippen molar-refractivity contribution in [3.8, 4) is 16.9 Å². The lowest BCUT2D eigenvalue weighted by Gasteiger charge is -2.30. The highest BCUT2D eigenvalue weighted by Crippen LogP contribution is 2.55. The summed E-state index contributed by atoms with van der Waals surface area (Å²) in [5.41, 5.74) is 6.27. The van der Waals surface area contributed by atoms with Crippen molar-refractivity contribution in [3.63, 3.8) is 0 Å². The molecule has 2 saturated carbocycles. The van der Waals surface area contributed by atoms with Crippen LogP contribution in [0.25, 0.3) is 11.1 Å². The monoisotopic (exact) mass is 770 g/mol. The molecule has 0 aliphatic heterocycles. The molecule has 0 spiro atoms. The Hall–Kier alpha value is -3.04. The summed E-state index contributed by atoms with van der Waals surface area (Å²) in [4.78, 5) is 20.1. The molecule has 2 fully saturated rings. The Morgan fingerprint density at radius 1 is 1.00 bits per heavy atom. The molecule has 1 aromatic heterocycles. The lowest BCUT2D eigenvalue weighted by Crippen LogP contribution is -2.53. The first-order valence-corrected chi connectivity index (χ1v) is 21.6. The molecule has 5 rings (SSSR count). The Balaban J connectivity index is 1.16. The number of sulfone groups is 1. The number of thioether (sulfide) groups is 1. The number of pyridine rings is 1. The average molecular weight is 771 g/mol. The van der Waals surface area contributed by atoms with E-state index >= 15 is 0 Å². The first-order chi connectivity index (χ1) is 25.3. The number of ether oxygens (including phenoxy) is 1. The van der Waals surface area contributed by atoms with Gasteiger partial charge in [0.25, 0.3) is 5.91 Å². The van der Waals surface area contributed by atoms with Gasteiger partial charge in [-0.1, -0.05) is 24.3 Å². The molecule has 0 bridgehead atoms. The molecule has 2 aromatic carbocycles. The Kier molecular flexibility index (Phi) is 14.4. The molecule has 5 N–H and O–H groups in total. The summed E-state index contributed by atoms with van der Waals surface area (Å²) in [7, 11) is -3.28. The van der Waals surface area contributed by atoms with Crippen LogP contribution in [0.15, 0.2) is 65.8 Å². The highest BCUT2D eigenvalue weighted by atomic mass is 32.2. The van der Waals surface area contributed by atoms with Gasteiger partial charge in [-0.2, -0.15) is 0 Å². The zero-order valence-corrected chi connectivity index (χ0v) is 32.3. The number of aromatic nitrogens is 1. The van der Waals surface area contributed by atoms with Crippen LogP contribution in [0, 0.1) is 6.92 Å². The topological polar surface area (TPSA) is 178 Å². The van der Waals surface area contributed by atoms with E-state index in [0.717, 1.165) is 73.2 Å². The molecule has 4 atom stereocenters. The van der Waals surface area contributed by atoms with E-state index in [9.17, 15) is 33.6 Å². The molecule has 2 aliphatic rings. The van der Waals surface area contributed by atoms with E-state index in [1.54, 1.807) is 11.8 Å². The SMILES string of the molecule is Cc1ccc(SCCCCN(CCCS(C)(=O)=O)C(=O)[C@@H](O)[C@@H](O)[C@H](O)[C@@H](O)CO)cc1CCC1(c2cnccc2-c2ccccc2OC2CC2)CC1. The van der Waals surface area contributed by atoms with E-state index in [0.29, 0.717) is 12.5 Å². The number of aryl methyl sites for hydroxylation is 2. The highest BCUT2D eigenvalue weighted by molar-refractivity contribution is 7.99. The number of hydrogen-bond acceptors (Lipinski definition) is 11. The van der Waals surface area contributed by atoms with Gasteiger partial charge in [-0.15, -0.1) is 11.8 Å². The minimum atomic E-state index is -3.28. The van der Waals surface area contributed by atoms with Crippen molar-refractivity contribution in [3.05, 3.63) is 77.6 Å². The van der Waals surface area contributed by atoms with Gasteiger partial charge in [0, 0.05) is 42.2 Å². The van der Waals surface area contributed by atoms with Gasteiger partial charge < -0.3 is 35.2 Å². The third kappa shape index (κ3) is 11.5. The van der Waals surface area contributed by atoms with Gasteiger partial charge >= 0.3 is 0 Å². The van der Waals surface area contributed by atoms with Crippen molar-refractivity contribution < 1.29 is 43.5 Å². The minimum Gasteiger partial charge on any atom is -0.490 e. The largest absolute Gasteiger partial charge is 0.490 e. The Labute approximate surface area is 317 Å². The standard InChI is InChI=1S/C40H54N2O9S2/c1-27-10-13-30(52-22-6-5-20-42(21-7-23-53(2,49)50)39(48)38(47)37(46)36(45)34(44)26-43)24-28(27)14-16-40(17-18-40)33-25-41-19-15-31(33)32-8-3-4-9-35(32)51-29-11-12-29/h3-4,8-10,13,15,19,24-25,29,34,36-38,43-47H,5-7,11-12,14,16-18,20-23,26H2,1-2H3/t34-,36+,37-,38-/m0/s1. The first kappa shape index (κ1) is 41.1. The summed E-state index contributed by atoms with van der Waals surface area (Å²) in [6.45, 7) is 1.52. The van der Waals surface area contributed by atoms with Crippen molar-refractivity contribution in [2.45, 2.75) is 106 Å². The molecule has 1 heterocycles. The predicted molar refractivity (Wildman–Crippen MR) is 206 cm³/mol. The minimum absolute atomic E-state index is 0.0333. The summed E-state index contributed by atoms with van der Waals surface area (Å²) in [5, 5.41) is 49.4. The molecular formula is C40H54N2O9S2. The van der Waals surface area contributed by atoms with E-state index < -0.39 is 46.8 Å². The second-order valence-corrected chi connectivity index (χ2v) is 18.1. The second kappa shape index (κ2) is 18.5. The van der Waals surface area contributed by atoms with Crippen molar-refractivity contribution in [1.82, 2.24) is 9.88 Å². The van der Waals surface area contributed by atoms with Crippen LogP contribution in [-0.2, 0) is 26.5 Å². The lowest BCUT2D eigenvalue weighted by atomic mass is 9.85. The van der Waals surface area contributed by atoms with E-state index in [1.165, 1.54) is 27.2 Å². The van der Waals surface area contributed by atoms with Gasteiger partial charge in [0.05, 0.1) is 18.5 Å². The number of rotatable bonds is 22. The highest BCUT2D eigenvalue weighted by Gasteiger charge is 2.45. The van der Waals surface area contributed by atoms with Crippen molar-refractivity contribution in [2.75, 3.05) is 37.5 Å². The Bertz CT molecular complexity index is 1780. The predicted octanol–water partition coefficient (Wildman–Crippen LogP) is 3.83. The molecule has 13 heteroatoms. The maximum absolute atomic E-state index is 13.1. The molecule has 290 valence electrons. The van der Waals surface area contributed by atoms with E-state index in [2.05, 4.69) is 54.4 Å². The molecule has 0 radical (unpaired) electrons. The third-order valence-corrected chi connectivity index (χ3v) is 12.4. The van der Waals surface area contributed by atoms with Gasteiger partial charge in [0.1, 0.15) is 33.9 Å². The molecule has 2 aliphatic carbocycles. The van der Waals surface area contributed by atoms with E-state index in [4.69, 9.17) is 9.84 Å². The number of nitrogens with zero attached hydrogens (tertiary/aromatic N) is 2. The van der Waals surface area contributed by atoms with Gasteiger partial charge in [-0.25, -0.2) is 8.42 Å². The van der Waals surface area contributed by atoms with Crippen LogP contribution in [0.3, 0.4) is 0 Å². The van der Waals surface area contributed by atoms with Crippen molar-refractivity contribution in [1.29, 1.82) is 0 Å². The number of aliphatic hydroxyl groups is 5. The Morgan fingerprint density at radius 2 is 1.74 bits per heavy atom. The van der Waals surface area contributed by atoms with Crippen LogP contribution in [0.2, 0.25) is 0 Å². The van der Waals surface area contributed by atoms with Crippen LogP contribution in [-0.4, -0.2) is 118 Å². The van der Waals surface area contributed by atoms with Crippen molar-refractivity contribution >= 4 is 27.5 Å². The Morgan fingerprint density at radius 3 is 2.43 bits per heavy atom. The molecule has 3 aromatic rings. The maximum atomic E-state index is 13.1. The number of unbranched alkanes of at least 4 members (excludes halogenated alkanes) is 1. The second-order valence-electron chi connectivity index (χ2n) is 14.6. The zero-order chi connectivity index (χ0) is 38.2. The van der Waals surface area contributed by atoms with Gasteiger partial charge in [-0.3, -0.25) is 9.78 Å². The quantitative estimate of drug-likeness (QED) is 0.0742. The molecule has 1 amide bonds. The fourth-order valence-corrected chi connectivity index (χ4v) is 8.32. The molecule has 53 heavy (non-hydrogen) atoms. The number of amides is 1.